The van der Waals surface area contributed by atoms with Gasteiger partial charge in [0.2, 0.25) is 0 Å². The van der Waals surface area contributed by atoms with E-state index in [2.05, 4.69) is 10.6 Å². The lowest BCUT2D eigenvalue weighted by atomic mass is 9.94. The molecule has 0 bridgehead atoms. The summed E-state index contributed by atoms with van der Waals surface area (Å²) in [6.07, 6.45) is -0.231. The zero-order valence-corrected chi connectivity index (χ0v) is 15.3. The molecule has 5 N–H and O–H groups in total. The molecule has 7 nitrogen and oxygen atoms in total. The van der Waals surface area contributed by atoms with Gasteiger partial charge in [0.15, 0.2) is 6.61 Å². The first kappa shape index (κ1) is 19.0. The molecule has 1 aliphatic heterocycles. The Labute approximate surface area is 157 Å². The molecule has 1 atom stereocenters. The quantitative estimate of drug-likeness (QED) is 0.531. The molecule has 1 heterocycles. The zero-order chi connectivity index (χ0) is 19.6. The summed E-state index contributed by atoms with van der Waals surface area (Å²) in [6.45, 7) is 4.14. The summed E-state index contributed by atoms with van der Waals surface area (Å²) in [5, 5.41) is 35.9. The molecule has 0 aliphatic carbocycles. The predicted octanol–water partition coefficient (Wildman–Crippen LogP) is 2.07. The number of phenols is 2. The molecule has 1 aliphatic rings. The van der Waals surface area contributed by atoms with Gasteiger partial charge in [-0.15, -0.1) is 0 Å². The van der Waals surface area contributed by atoms with Gasteiger partial charge in [-0.3, -0.25) is 4.79 Å². The highest BCUT2D eigenvalue weighted by molar-refractivity contribution is 5.96. The number of β-amino-alcohol motifs (C(OH)–C–C–N with tert-alkyl or cyclic N) is 1. The minimum absolute atomic E-state index is 0.0584. The van der Waals surface area contributed by atoms with E-state index in [4.69, 9.17) is 4.74 Å². The number of carbonyl (C=O) groups excluding carboxylic acids is 1. The van der Waals surface area contributed by atoms with Gasteiger partial charge in [-0.05, 0) is 44.0 Å². The number of amides is 1. The van der Waals surface area contributed by atoms with Gasteiger partial charge in [-0.25, -0.2) is 0 Å². The van der Waals surface area contributed by atoms with Gasteiger partial charge in [-0.1, -0.05) is 12.1 Å². The molecule has 0 saturated heterocycles. The Balaban J connectivity index is 1.69. The van der Waals surface area contributed by atoms with Crippen molar-refractivity contribution in [3.8, 4) is 17.2 Å². The molecule has 0 fully saturated rings. The monoisotopic (exact) mass is 372 g/mol. The number of aromatic hydroxyl groups is 2. The minimum atomic E-state index is -0.931. The maximum Gasteiger partial charge on any atom is 0.262 e. The highest BCUT2D eigenvalue weighted by atomic mass is 16.5. The van der Waals surface area contributed by atoms with Crippen LogP contribution in [-0.2, 0) is 11.2 Å². The topological polar surface area (TPSA) is 111 Å². The first-order chi connectivity index (χ1) is 12.7. The van der Waals surface area contributed by atoms with Crippen molar-refractivity contribution in [2.24, 2.45) is 0 Å². The van der Waals surface area contributed by atoms with Crippen LogP contribution in [0.25, 0.3) is 0 Å². The smallest absolute Gasteiger partial charge is 0.262 e. The summed E-state index contributed by atoms with van der Waals surface area (Å²) >= 11 is 0. The van der Waals surface area contributed by atoms with E-state index in [1.165, 1.54) is 12.1 Å². The van der Waals surface area contributed by atoms with Crippen LogP contribution in [0, 0.1) is 0 Å². The van der Waals surface area contributed by atoms with E-state index in [1.807, 2.05) is 26.0 Å². The summed E-state index contributed by atoms with van der Waals surface area (Å²) in [5.41, 5.74) is 1.51. The second-order valence-electron chi connectivity index (χ2n) is 7.37. The number of rotatable bonds is 6. The number of carbonyl (C=O) groups is 1. The Morgan fingerprint density at radius 2 is 1.89 bits per heavy atom. The normalized spacial score (nSPS) is 14.9. The first-order valence-electron chi connectivity index (χ1n) is 8.74. The van der Waals surface area contributed by atoms with E-state index < -0.39 is 6.10 Å². The summed E-state index contributed by atoms with van der Waals surface area (Å²) in [4.78, 5) is 11.5. The summed E-state index contributed by atoms with van der Waals surface area (Å²) in [5.74, 6) is 0.234. The molecule has 27 heavy (non-hydrogen) atoms. The maximum absolute atomic E-state index is 11.5. The number of anilines is 1. The second kappa shape index (κ2) is 7.46. The molecule has 1 amide bonds. The van der Waals surface area contributed by atoms with Crippen molar-refractivity contribution in [2.75, 3.05) is 18.5 Å². The van der Waals surface area contributed by atoms with Crippen LogP contribution in [0.1, 0.15) is 31.1 Å². The number of aliphatic hydroxyl groups is 1. The van der Waals surface area contributed by atoms with Gasteiger partial charge in [0.05, 0.1) is 11.8 Å². The number of hydrogen-bond donors (Lipinski definition) is 5. The van der Waals surface area contributed by atoms with Crippen LogP contribution in [0.3, 0.4) is 0 Å². The van der Waals surface area contributed by atoms with E-state index in [0.717, 1.165) is 5.56 Å². The molecule has 7 heteroatoms. The van der Waals surface area contributed by atoms with Crippen LogP contribution < -0.4 is 15.4 Å². The van der Waals surface area contributed by atoms with Crippen molar-refractivity contribution in [3.63, 3.8) is 0 Å². The fourth-order valence-corrected chi connectivity index (χ4v) is 3.13. The fraction of sp³-hybridized carbons (Fsp3) is 0.350. The SMILES string of the molecule is CC(C)(Cc1ccc(O)cc1)NC[C@H](O)c1cc(O)cc2c1OCC(=O)N2. The maximum atomic E-state index is 11.5. The molecule has 0 aromatic heterocycles. The van der Waals surface area contributed by atoms with E-state index >= 15 is 0 Å². The van der Waals surface area contributed by atoms with Crippen molar-refractivity contribution in [1.82, 2.24) is 5.32 Å². The Morgan fingerprint density at radius 1 is 1.19 bits per heavy atom. The van der Waals surface area contributed by atoms with Gasteiger partial charge < -0.3 is 30.7 Å². The van der Waals surface area contributed by atoms with Crippen LogP contribution in [0.4, 0.5) is 5.69 Å². The standard InChI is InChI=1S/C20H24N2O5/c1-20(2,9-12-3-5-13(23)6-4-12)21-10-17(25)15-7-14(24)8-16-19(15)27-11-18(26)22-16/h3-8,17,21,23-25H,9-11H2,1-2H3,(H,22,26)/t17-/m0/s1. The Hall–Kier alpha value is -2.77. The van der Waals surface area contributed by atoms with E-state index in [1.54, 1.807) is 12.1 Å². The molecular weight excluding hydrogens is 348 g/mol. The lowest BCUT2D eigenvalue weighted by Crippen LogP contribution is -2.43. The third kappa shape index (κ3) is 4.69. The first-order valence-corrected chi connectivity index (χ1v) is 8.74. The molecule has 2 aromatic carbocycles. The van der Waals surface area contributed by atoms with Crippen molar-refractivity contribution < 1.29 is 24.9 Å². The van der Waals surface area contributed by atoms with Gasteiger partial charge in [0, 0.05) is 23.7 Å². The van der Waals surface area contributed by atoms with Gasteiger partial charge >= 0.3 is 0 Å². The Kier molecular flexibility index (Phi) is 5.25. The summed E-state index contributed by atoms with van der Waals surface area (Å²) < 4.78 is 5.45. The molecule has 144 valence electrons. The van der Waals surface area contributed by atoms with Crippen LogP contribution in [0.2, 0.25) is 0 Å². The predicted molar refractivity (Wildman–Crippen MR) is 101 cm³/mol. The van der Waals surface area contributed by atoms with Crippen LogP contribution in [-0.4, -0.2) is 39.9 Å². The number of nitrogens with one attached hydrogen (secondary N) is 2. The van der Waals surface area contributed by atoms with Crippen LogP contribution in [0.5, 0.6) is 17.2 Å². The molecule has 0 saturated carbocycles. The van der Waals surface area contributed by atoms with Gasteiger partial charge in [0.1, 0.15) is 17.2 Å². The molecule has 0 radical (unpaired) electrons. The third-order valence-corrected chi connectivity index (χ3v) is 4.44. The average Bonchev–Trinajstić information content (AvgIpc) is 2.60. The van der Waals surface area contributed by atoms with Crippen LogP contribution >= 0.6 is 0 Å². The lowest BCUT2D eigenvalue weighted by molar-refractivity contribution is -0.118. The Morgan fingerprint density at radius 3 is 2.59 bits per heavy atom. The molecule has 2 aromatic rings. The van der Waals surface area contributed by atoms with Crippen molar-refractivity contribution in [3.05, 3.63) is 47.5 Å². The van der Waals surface area contributed by atoms with Gasteiger partial charge in [-0.2, -0.15) is 0 Å². The summed E-state index contributed by atoms with van der Waals surface area (Å²) in [6, 6.07) is 9.84. The highest BCUT2D eigenvalue weighted by Crippen LogP contribution is 2.38. The number of hydrogen-bond acceptors (Lipinski definition) is 6. The van der Waals surface area contributed by atoms with Crippen molar-refractivity contribution >= 4 is 11.6 Å². The molecule has 3 rings (SSSR count). The zero-order valence-electron chi connectivity index (χ0n) is 15.3. The molecular formula is C20H24N2O5. The van der Waals surface area contributed by atoms with Crippen LogP contribution in [0.15, 0.2) is 36.4 Å². The number of aliphatic hydroxyl groups excluding tert-OH is 1. The van der Waals surface area contributed by atoms with Crippen molar-refractivity contribution in [2.45, 2.75) is 31.9 Å². The van der Waals surface area contributed by atoms with E-state index in [0.29, 0.717) is 23.4 Å². The minimum Gasteiger partial charge on any atom is -0.508 e. The molecule has 0 unspecified atom stereocenters. The fourth-order valence-electron chi connectivity index (χ4n) is 3.13. The highest BCUT2D eigenvalue weighted by Gasteiger charge is 2.26. The van der Waals surface area contributed by atoms with Crippen molar-refractivity contribution in [1.29, 1.82) is 0 Å². The Bertz CT molecular complexity index is 833. The lowest BCUT2D eigenvalue weighted by Gasteiger charge is -2.29. The van der Waals surface area contributed by atoms with E-state index in [-0.39, 0.29) is 36.1 Å². The summed E-state index contributed by atoms with van der Waals surface area (Å²) in [7, 11) is 0. The molecule has 0 spiro atoms. The third-order valence-electron chi connectivity index (χ3n) is 4.44. The second-order valence-corrected chi connectivity index (χ2v) is 7.37. The average molecular weight is 372 g/mol. The number of fused-ring (bicyclic) bond motifs is 1. The number of benzene rings is 2. The number of phenolic OH excluding ortho intramolecular Hbond substituents is 2. The van der Waals surface area contributed by atoms with E-state index in [9.17, 15) is 20.1 Å². The largest absolute Gasteiger partial charge is 0.508 e. The number of ether oxygens (including phenoxy) is 1. The van der Waals surface area contributed by atoms with Gasteiger partial charge in [0.25, 0.3) is 5.91 Å².